The van der Waals surface area contributed by atoms with Crippen LogP contribution in [-0.4, -0.2) is 26.7 Å². The zero-order valence-electron chi connectivity index (χ0n) is 11.0. The number of pyridine rings is 1. The summed E-state index contributed by atoms with van der Waals surface area (Å²) in [6.45, 7) is 0. The van der Waals surface area contributed by atoms with Crippen LogP contribution in [0.5, 0.6) is 0 Å². The molecule has 0 fully saturated rings. The van der Waals surface area contributed by atoms with E-state index in [1.165, 1.54) is 23.1 Å². The van der Waals surface area contributed by atoms with Crippen molar-refractivity contribution >= 4 is 28.9 Å². The van der Waals surface area contributed by atoms with E-state index in [4.69, 9.17) is 0 Å². The molecule has 0 spiro atoms. The molecule has 21 heavy (non-hydrogen) atoms. The molecule has 3 heterocycles. The molecule has 3 aromatic heterocycles. The fraction of sp³-hybridized carbons (Fsp3) is 0.0667. The first-order valence-corrected chi connectivity index (χ1v) is 8.13. The van der Waals surface area contributed by atoms with Gasteiger partial charge in [-0.05, 0) is 35.7 Å². The quantitative estimate of drug-likeness (QED) is 0.532. The van der Waals surface area contributed by atoms with E-state index >= 15 is 0 Å². The number of hydrogen-bond donors (Lipinski definition) is 0. The molecule has 0 unspecified atom stereocenters. The maximum atomic E-state index is 11.9. The molecular formula is C15H11N3OS2. The normalized spacial score (nSPS) is 10.5. The predicted molar refractivity (Wildman–Crippen MR) is 84.6 cm³/mol. The Morgan fingerprint density at radius 1 is 1.14 bits per heavy atom. The third kappa shape index (κ3) is 3.53. The van der Waals surface area contributed by atoms with Crippen molar-refractivity contribution in [3.63, 3.8) is 0 Å². The molecular weight excluding hydrogens is 302 g/mol. The Kier molecular flexibility index (Phi) is 4.37. The van der Waals surface area contributed by atoms with Crippen molar-refractivity contribution in [1.29, 1.82) is 0 Å². The summed E-state index contributed by atoms with van der Waals surface area (Å²) in [4.78, 5) is 16.7. The Hall–Kier alpha value is -2.05. The van der Waals surface area contributed by atoms with E-state index in [0.717, 1.165) is 21.2 Å². The molecule has 0 N–H and O–H groups in total. The van der Waals surface area contributed by atoms with Crippen LogP contribution in [0.3, 0.4) is 0 Å². The summed E-state index contributed by atoms with van der Waals surface area (Å²) in [5.74, 6) is 0.495. The molecule has 3 rings (SSSR count). The Labute approximate surface area is 130 Å². The second-order valence-electron chi connectivity index (χ2n) is 4.19. The van der Waals surface area contributed by atoms with Gasteiger partial charge in [-0.2, -0.15) is 0 Å². The van der Waals surface area contributed by atoms with Gasteiger partial charge in [-0.3, -0.25) is 9.78 Å². The van der Waals surface area contributed by atoms with Gasteiger partial charge >= 0.3 is 0 Å². The highest BCUT2D eigenvalue weighted by Crippen LogP contribution is 2.20. The van der Waals surface area contributed by atoms with Crippen LogP contribution in [0, 0.1) is 0 Å². The van der Waals surface area contributed by atoms with Gasteiger partial charge in [0.15, 0.2) is 5.78 Å². The minimum Gasteiger partial charge on any atom is -0.292 e. The summed E-state index contributed by atoms with van der Waals surface area (Å²) in [7, 11) is 0. The Morgan fingerprint density at radius 2 is 2.10 bits per heavy atom. The fourth-order valence-electron chi connectivity index (χ4n) is 1.71. The van der Waals surface area contributed by atoms with Crippen LogP contribution < -0.4 is 0 Å². The number of aromatic nitrogens is 3. The lowest BCUT2D eigenvalue weighted by Gasteiger charge is -2.01. The number of nitrogens with zero attached hydrogens (tertiary/aromatic N) is 3. The van der Waals surface area contributed by atoms with E-state index in [1.807, 2.05) is 41.8 Å². The molecule has 0 atom stereocenters. The second-order valence-corrected chi connectivity index (χ2v) is 6.13. The van der Waals surface area contributed by atoms with Crippen molar-refractivity contribution in [2.75, 3.05) is 5.75 Å². The molecule has 0 saturated heterocycles. The van der Waals surface area contributed by atoms with Gasteiger partial charge < -0.3 is 0 Å². The minimum absolute atomic E-state index is 0.119. The Bertz CT molecular complexity index is 712. The first-order valence-electron chi connectivity index (χ1n) is 6.26. The van der Waals surface area contributed by atoms with Gasteiger partial charge in [0.05, 0.1) is 16.3 Å². The number of thioether (sulfide) groups is 1. The van der Waals surface area contributed by atoms with Gasteiger partial charge in [-0.15, -0.1) is 21.5 Å². The van der Waals surface area contributed by atoms with Crippen LogP contribution in [-0.2, 0) is 0 Å². The number of Topliss-reactive ketones (excluding diaryl/α,β-unsaturated/α-hetero) is 1. The maximum Gasteiger partial charge on any atom is 0.183 e. The molecule has 0 amide bonds. The maximum absolute atomic E-state index is 11.9. The third-order valence-corrected chi connectivity index (χ3v) is 4.58. The van der Waals surface area contributed by atoms with Gasteiger partial charge in [-0.1, -0.05) is 17.8 Å². The highest BCUT2D eigenvalue weighted by Gasteiger charge is 2.08. The van der Waals surface area contributed by atoms with E-state index in [2.05, 4.69) is 15.2 Å². The average Bonchev–Trinajstić information content (AvgIpc) is 3.08. The smallest absolute Gasteiger partial charge is 0.183 e. The number of ketones is 1. The topological polar surface area (TPSA) is 55.7 Å². The third-order valence-electron chi connectivity index (χ3n) is 2.74. The predicted octanol–water partition coefficient (Wildman–Crippen LogP) is 3.58. The first-order chi connectivity index (χ1) is 10.3. The molecule has 0 aliphatic rings. The monoisotopic (exact) mass is 313 g/mol. The lowest BCUT2D eigenvalue weighted by molar-refractivity contribution is 0.102. The highest BCUT2D eigenvalue weighted by atomic mass is 32.2. The van der Waals surface area contributed by atoms with Crippen molar-refractivity contribution in [2.24, 2.45) is 0 Å². The molecule has 4 nitrogen and oxygen atoms in total. The standard InChI is InChI=1S/C15H11N3OS2/c19-13(14-4-2-8-20-14)10-21-15-6-5-12(17-18-15)11-3-1-7-16-9-11/h1-9H,10H2. The molecule has 0 aliphatic heterocycles. The molecule has 0 aliphatic carbocycles. The van der Waals surface area contributed by atoms with E-state index in [9.17, 15) is 4.79 Å². The summed E-state index contributed by atoms with van der Waals surface area (Å²) in [6, 6.07) is 11.3. The summed E-state index contributed by atoms with van der Waals surface area (Å²) in [6.07, 6.45) is 3.47. The molecule has 0 saturated carbocycles. The van der Waals surface area contributed by atoms with Crippen LogP contribution in [0.15, 0.2) is 59.2 Å². The Balaban J connectivity index is 1.64. The van der Waals surface area contributed by atoms with E-state index < -0.39 is 0 Å². The number of carbonyl (C=O) groups is 1. The first kappa shape index (κ1) is 13.9. The molecule has 104 valence electrons. The molecule has 0 radical (unpaired) electrons. The van der Waals surface area contributed by atoms with Gasteiger partial charge in [0.2, 0.25) is 0 Å². The van der Waals surface area contributed by atoms with Crippen LogP contribution in [0.2, 0.25) is 0 Å². The van der Waals surface area contributed by atoms with Crippen molar-refractivity contribution in [1.82, 2.24) is 15.2 Å². The summed E-state index contributed by atoms with van der Waals surface area (Å²) in [5.41, 5.74) is 1.70. The summed E-state index contributed by atoms with van der Waals surface area (Å²) in [5, 5.41) is 11.0. The largest absolute Gasteiger partial charge is 0.292 e. The van der Waals surface area contributed by atoms with Crippen LogP contribution in [0.25, 0.3) is 11.3 Å². The zero-order valence-corrected chi connectivity index (χ0v) is 12.6. The minimum atomic E-state index is 0.119. The van der Waals surface area contributed by atoms with E-state index in [1.54, 1.807) is 12.4 Å². The van der Waals surface area contributed by atoms with Crippen molar-refractivity contribution < 1.29 is 4.79 Å². The van der Waals surface area contributed by atoms with Gasteiger partial charge in [0.1, 0.15) is 5.03 Å². The summed E-state index contributed by atoms with van der Waals surface area (Å²) < 4.78 is 0. The SMILES string of the molecule is O=C(CSc1ccc(-c2cccnc2)nn1)c1cccs1. The number of thiophene rings is 1. The van der Waals surface area contributed by atoms with Crippen molar-refractivity contribution in [2.45, 2.75) is 5.03 Å². The van der Waals surface area contributed by atoms with Crippen LogP contribution >= 0.6 is 23.1 Å². The lowest BCUT2D eigenvalue weighted by Crippen LogP contribution is -2.00. The molecule has 3 aromatic rings. The fourth-order valence-corrected chi connectivity index (χ4v) is 3.17. The average molecular weight is 313 g/mol. The van der Waals surface area contributed by atoms with Crippen LogP contribution in [0.4, 0.5) is 0 Å². The van der Waals surface area contributed by atoms with Gasteiger partial charge in [-0.25, -0.2) is 0 Å². The second kappa shape index (κ2) is 6.60. The van der Waals surface area contributed by atoms with E-state index in [-0.39, 0.29) is 5.78 Å². The molecule has 0 bridgehead atoms. The highest BCUT2D eigenvalue weighted by molar-refractivity contribution is 7.99. The zero-order chi connectivity index (χ0) is 14.5. The number of hydrogen-bond acceptors (Lipinski definition) is 6. The molecule has 6 heteroatoms. The van der Waals surface area contributed by atoms with Gasteiger partial charge in [0, 0.05) is 18.0 Å². The Morgan fingerprint density at radius 3 is 2.76 bits per heavy atom. The molecule has 0 aromatic carbocycles. The van der Waals surface area contributed by atoms with Gasteiger partial charge in [0.25, 0.3) is 0 Å². The van der Waals surface area contributed by atoms with Crippen LogP contribution in [0.1, 0.15) is 9.67 Å². The number of rotatable bonds is 5. The van der Waals surface area contributed by atoms with Crippen molar-refractivity contribution in [3.05, 3.63) is 59.0 Å². The van der Waals surface area contributed by atoms with Crippen molar-refractivity contribution in [3.8, 4) is 11.3 Å². The number of carbonyl (C=O) groups excluding carboxylic acids is 1. The van der Waals surface area contributed by atoms with E-state index in [0.29, 0.717) is 5.75 Å². The summed E-state index contributed by atoms with van der Waals surface area (Å²) >= 11 is 2.86. The lowest BCUT2D eigenvalue weighted by atomic mass is 10.2.